The second-order valence-electron chi connectivity index (χ2n) is 12.0. The molecule has 0 unspecified atom stereocenters. The molecule has 2 aliphatic rings. The van der Waals surface area contributed by atoms with Crippen molar-refractivity contribution in [1.29, 1.82) is 0 Å². The number of pyridine rings is 1. The third kappa shape index (κ3) is 6.32. The summed E-state index contributed by atoms with van der Waals surface area (Å²) in [5, 5.41) is 8.59. The zero-order valence-electron chi connectivity index (χ0n) is 25.2. The first-order chi connectivity index (χ1) is 21.3. The van der Waals surface area contributed by atoms with Crippen molar-refractivity contribution in [3.05, 3.63) is 71.9 Å². The predicted octanol–water partition coefficient (Wildman–Crippen LogP) is 4.19. The fraction of sp³-hybridized carbons (Fsp3) is 0.387. The van der Waals surface area contributed by atoms with Gasteiger partial charge in [-0.15, -0.1) is 0 Å². The van der Waals surface area contributed by atoms with Crippen LogP contribution in [0.3, 0.4) is 0 Å². The fourth-order valence-corrected chi connectivity index (χ4v) is 7.53. The highest BCUT2D eigenvalue weighted by Crippen LogP contribution is 2.33. The van der Waals surface area contributed by atoms with Crippen LogP contribution in [0, 0.1) is 5.82 Å². The van der Waals surface area contributed by atoms with Gasteiger partial charge in [0, 0.05) is 55.4 Å². The topological polar surface area (TPSA) is 104 Å². The van der Waals surface area contributed by atoms with E-state index in [1.54, 1.807) is 35.1 Å². The Morgan fingerprint density at radius 2 is 1.78 bits per heavy atom. The SMILES string of the molecule is CN(C)C1CCN(S(=O)(=O)c2cc(C(=O)Nc3cc4cc(-c5cnn(C)c5CN5CC(F)(F)C5)ccc4cn3)ccc2F)CC1. The molecule has 0 saturated carbocycles. The van der Waals surface area contributed by atoms with E-state index >= 15 is 0 Å². The van der Waals surface area contributed by atoms with Crippen molar-refractivity contribution in [3.8, 4) is 11.1 Å². The molecule has 238 valence electrons. The summed E-state index contributed by atoms with van der Waals surface area (Å²) in [6.45, 7) is 0.278. The number of likely N-dealkylation sites (tertiary alicyclic amines) is 1. The number of nitrogens with one attached hydrogen (secondary N) is 1. The highest BCUT2D eigenvalue weighted by Gasteiger charge is 2.44. The molecule has 6 rings (SSSR count). The van der Waals surface area contributed by atoms with Crippen molar-refractivity contribution in [3.63, 3.8) is 0 Å². The number of fused-ring (bicyclic) bond motifs is 1. The Balaban J connectivity index is 1.21. The van der Waals surface area contributed by atoms with Crippen molar-refractivity contribution in [1.82, 2.24) is 28.9 Å². The lowest BCUT2D eigenvalue weighted by molar-refractivity contribution is -0.134. The van der Waals surface area contributed by atoms with Gasteiger partial charge in [-0.1, -0.05) is 12.1 Å². The second-order valence-corrected chi connectivity index (χ2v) is 13.9. The number of piperidine rings is 1. The largest absolute Gasteiger partial charge is 0.307 e. The number of hydrogen-bond donors (Lipinski definition) is 1. The number of anilines is 1. The maximum Gasteiger partial charge on any atom is 0.272 e. The number of carbonyl (C=O) groups is 1. The van der Waals surface area contributed by atoms with Crippen LogP contribution in [0.5, 0.6) is 0 Å². The lowest BCUT2D eigenvalue weighted by atomic mass is 10.0. The first-order valence-electron chi connectivity index (χ1n) is 14.6. The van der Waals surface area contributed by atoms with E-state index in [9.17, 15) is 26.4 Å². The first kappa shape index (κ1) is 31.1. The minimum absolute atomic E-state index is 0.0228. The Labute approximate surface area is 259 Å². The maximum absolute atomic E-state index is 14.8. The van der Waals surface area contributed by atoms with Crippen molar-refractivity contribution in [2.24, 2.45) is 7.05 Å². The summed E-state index contributed by atoms with van der Waals surface area (Å²) in [4.78, 5) is 20.7. The smallest absolute Gasteiger partial charge is 0.272 e. The average Bonchev–Trinajstić information content (AvgIpc) is 3.35. The summed E-state index contributed by atoms with van der Waals surface area (Å²) in [7, 11) is 1.51. The van der Waals surface area contributed by atoms with Crippen LogP contribution in [-0.4, -0.2) is 95.4 Å². The fourth-order valence-electron chi connectivity index (χ4n) is 5.97. The number of hydrogen-bond acceptors (Lipinski definition) is 7. The van der Waals surface area contributed by atoms with Crippen LogP contribution in [0.25, 0.3) is 21.9 Å². The number of aromatic nitrogens is 3. The molecule has 0 radical (unpaired) electrons. The van der Waals surface area contributed by atoms with Crippen molar-refractivity contribution >= 4 is 32.5 Å². The molecular weight excluding hydrogens is 607 g/mol. The number of carbonyl (C=O) groups excluding carboxylic acids is 1. The molecule has 0 spiro atoms. The van der Waals surface area contributed by atoms with Gasteiger partial charge < -0.3 is 10.2 Å². The number of rotatable bonds is 8. The van der Waals surface area contributed by atoms with Gasteiger partial charge in [0.1, 0.15) is 16.5 Å². The molecule has 1 amide bonds. The minimum Gasteiger partial charge on any atom is -0.307 e. The van der Waals surface area contributed by atoms with E-state index in [-0.39, 0.29) is 43.6 Å². The van der Waals surface area contributed by atoms with Crippen LogP contribution in [0.15, 0.2) is 59.8 Å². The highest BCUT2D eigenvalue weighted by atomic mass is 32.2. The molecule has 0 atom stereocenters. The molecule has 4 aromatic rings. The monoisotopic (exact) mass is 641 g/mol. The van der Waals surface area contributed by atoms with Gasteiger partial charge in [0.15, 0.2) is 0 Å². The summed E-state index contributed by atoms with van der Waals surface area (Å²) >= 11 is 0. The van der Waals surface area contributed by atoms with Crippen LogP contribution in [0.2, 0.25) is 0 Å². The molecule has 2 saturated heterocycles. The third-order valence-corrected chi connectivity index (χ3v) is 10.5. The molecule has 4 heterocycles. The third-order valence-electron chi connectivity index (χ3n) is 8.58. The molecule has 0 bridgehead atoms. The van der Waals surface area contributed by atoms with Crippen LogP contribution in [0.4, 0.5) is 19.0 Å². The number of amides is 1. The molecule has 1 N–H and O–H groups in total. The quantitative estimate of drug-likeness (QED) is 0.308. The number of halogens is 3. The standard InChI is InChI=1S/C31H34F3N7O3S/c1-38(2)24-8-10-41(11-9-24)45(43,44)28-13-21(6-7-26(28)32)30(42)37-29-14-23-12-20(4-5-22(23)15-35-29)25-16-36-39(3)27(25)17-40-18-31(33,34)19-40/h4-7,12-16,24H,8-11,17-19H2,1-3H3,(H,35,37,42). The molecule has 10 nitrogen and oxygen atoms in total. The Morgan fingerprint density at radius 3 is 2.47 bits per heavy atom. The van der Waals surface area contributed by atoms with Gasteiger partial charge in [0.25, 0.3) is 11.8 Å². The van der Waals surface area contributed by atoms with Gasteiger partial charge in [-0.05, 0) is 68.2 Å². The zero-order valence-corrected chi connectivity index (χ0v) is 26.0. The molecular formula is C31H34F3N7O3S. The Morgan fingerprint density at radius 1 is 1.04 bits per heavy atom. The minimum atomic E-state index is -4.15. The van der Waals surface area contributed by atoms with Crippen molar-refractivity contribution in [2.45, 2.75) is 36.2 Å². The van der Waals surface area contributed by atoms with Crippen LogP contribution >= 0.6 is 0 Å². The number of alkyl halides is 2. The number of aryl methyl sites for hydroxylation is 1. The van der Waals surface area contributed by atoms with Gasteiger partial charge in [0.05, 0.1) is 25.0 Å². The highest BCUT2D eigenvalue weighted by molar-refractivity contribution is 7.89. The van der Waals surface area contributed by atoms with E-state index in [1.807, 2.05) is 37.2 Å². The van der Waals surface area contributed by atoms with Gasteiger partial charge >= 0.3 is 0 Å². The maximum atomic E-state index is 14.8. The number of sulfonamides is 1. The number of nitrogens with zero attached hydrogens (tertiary/aromatic N) is 6. The normalized spacial score (nSPS) is 17.9. The summed E-state index contributed by atoms with van der Waals surface area (Å²) in [6, 6.07) is 10.9. The summed E-state index contributed by atoms with van der Waals surface area (Å²) in [5.74, 6) is -4.00. The lowest BCUT2D eigenvalue weighted by Crippen LogP contribution is -2.55. The Bertz CT molecular complexity index is 1860. The van der Waals surface area contributed by atoms with E-state index in [0.717, 1.165) is 39.7 Å². The van der Waals surface area contributed by atoms with Gasteiger partial charge in [0.2, 0.25) is 10.0 Å². The van der Waals surface area contributed by atoms with E-state index < -0.39 is 32.6 Å². The average molecular weight is 642 g/mol. The van der Waals surface area contributed by atoms with Gasteiger partial charge in [-0.3, -0.25) is 14.4 Å². The molecule has 14 heteroatoms. The van der Waals surface area contributed by atoms with Crippen LogP contribution in [-0.2, 0) is 23.6 Å². The zero-order chi connectivity index (χ0) is 32.1. The summed E-state index contributed by atoms with van der Waals surface area (Å²) in [5.41, 5.74) is 2.41. The Hall–Kier alpha value is -3.85. The van der Waals surface area contributed by atoms with E-state index in [2.05, 4.69) is 15.4 Å². The van der Waals surface area contributed by atoms with Gasteiger partial charge in [-0.2, -0.15) is 9.40 Å². The van der Waals surface area contributed by atoms with Gasteiger partial charge in [-0.25, -0.2) is 26.6 Å². The molecule has 45 heavy (non-hydrogen) atoms. The molecule has 2 aliphatic heterocycles. The molecule has 2 aromatic heterocycles. The van der Waals surface area contributed by atoms with Crippen LogP contribution in [0.1, 0.15) is 28.9 Å². The second kappa shape index (κ2) is 11.8. The molecule has 2 fully saturated rings. The van der Waals surface area contributed by atoms with E-state index in [0.29, 0.717) is 19.4 Å². The lowest BCUT2D eigenvalue weighted by Gasteiger charge is -2.38. The summed E-state index contributed by atoms with van der Waals surface area (Å²) in [6.07, 6.45) is 4.55. The van der Waals surface area contributed by atoms with E-state index in [1.165, 1.54) is 10.4 Å². The first-order valence-corrected chi connectivity index (χ1v) is 16.0. The predicted molar refractivity (Wildman–Crippen MR) is 164 cm³/mol. The van der Waals surface area contributed by atoms with Crippen molar-refractivity contribution in [2.75, 3.05) is 45.6 Å². The summed E-state index contributed by atoms with van der Waals surface area (Å²) < 4.78 is 71.2. The Kier molecular flexibility index (Phi) is 8.18. The number of benzene rings is 2. The van der Waals surface area contributed by atoms with Crippen molar-refractivity contribution < 1.29 is 26.4 Å². The molecule has 2 aromatic carbocycles. The molecule has 0 aliphatic carbocycles. The van der Waals surface area contributed by atoms with E-state index in [4.69, 9.17) is 0 Å². The van der Waals surface area contributed by atoms with Crippen LogP contribution < -0.4 is 5.32 Å².